The van der Waals surface area contributed by atoms with Crippen LogP contribution in [0.15, 0.2) is 24.3 Å². The Kier molecular flexibility index (Phi) is 5.53. The van der Waals surface area contributed by atoms with E-state index in [0.717, 1.165) is 24.2 Å². The zero-order valence-corrected chi connectivity index (χ0v) is 11.5. The summed E-state index contributed by atoms with van der Waals surface area (Å²) in [7, 11) is 0. The molecular weight excluding hydrogens is 259 g/mol. The smallest absolute Gasteiger partial charge is 0.309 e. The highest BCUT2D eigenvalue weighted by molar-refractivity contribution is 7.99. The third-order valence-corrected chi connectivity index (χ3v) is 3.82. The van der Waals surface area contributed by atoms with Crippen LogP contribution in [0.1, 0.15) is 31.0 Å². The summed E-state index contributed by atoms with van der Waals surface area (Å²) in [5, 5.41) is 3.79. The van der Waals surface area contributed by atoms with E-state index in [4.69, 9.17) is 0 Å². The van der Waals surface area contributed by atoms with Crippen LogP contribution in [-0.2, 0) is 6.18 Å². The fourth-order valence-electron chi connectivity index (χ4n) is 1.50. The van der Waals surface area contributed by atoms with Crippen LogP contribution in [-0.4, -0.2) is 18.1 Å². The van der Waals surface area contributed by atoms with Crippen molar-refractivity contribution in [2.75, 3.05) is 12.8 Å². The first-order valence-electron chi connectivity index (χ1n) is 5.78. The van der Waals surface area contributed by atoms with Crippen molar-refractivity contribution >= 4 is 11.8 Å². The summed E-state index contributed by atoms with van der Waals surface area (Å²) < 4.78 is 37.2. The highest BCUT2D eigenvalue weighted by Crippen LogP contribution is 2.29. The summed E-state index contributed by atoms with van der Waals surface area (Å²) in [5.74, 6) is 0. The van der Waals surface area contributed by atoms with Crippen LogP contribution in [0.25, 0.3) is 0 Å². The van der Waals surface area contributed by atoms with Gasteiger partial charge in [-0.05, 0) is 30.9 Å². The molecule has 18 heavy (non-hydrogen) atoms. The van der Waals surface area contributed by atoms with E-state index < -0.39 is 11.7 Å². The van der Waals surface area contributed by atoms with Crippen LogP contribution in [0.5, 0.6) is 0 Å². The largest absolute Gasteiger partial charge is 0.416 e. The van der Waals surface area contributed by atoms with E-state index in [0.29, 0.717) is 5.25 Å². The monoisotopic (exact) mass is 277 g/mol. The second kappa shape index (κ2) is 6.48. The Balaban J connectivity index is 2.62. The van der Waals surface area contributed by atoms with Crippen LogP contribution in [0.3, 0.4) is 0 Å². The van der Waals surface area contributed by atoms with Crippen molar-refractivity contribution in [3.8, 4) is 0 Å². The van der Waals surface area contributed by atoms with E-state index in [9.17, 15) is 13.2 Å². The zero-order chi connectivity index (χ0) is 13.8. The van der Waals surface area contributed by atoms with Crippen LogP contribution in [0, 0.1) is 0 Å². The predicted molar refractivity (Wildman–Crippen MR) is 70.8 cm³/mol. The van der Waals surface area contributed by atoms with Gasteiger partial charge in [-0.25, -0.2) is 0 Å². The molecule has 1 aromatic rings. The van der Waals surface area contributed by atoms with Gasteiger partial charge in [0.25, 0.3) is 0 Å². The average Bonchev–Trinajstić information content (AvgIpc) is 2.34. The molecule has 1 aromatic carbocycles. The van der Waals surface area contributed by atoms with E-state index in [1.165, 1.54) is 12.1 Å². The number of hydrogen-bond donors (Lipinski definition) is 1. The Labute approximate surface area is 110 Å². The van der Waals surface area contributed by atoms with Gasteiger partial charge in [-0.15, -0.1) is 0 Å². The second-order valence-electron chi connectivity index (χ2n) is 4.30. The van der Waals surface area contributed by atoms with Gasteiger partial charge in [0.15, 0.2) is 0 Å². The standard InChI is InChI=1S/C13H18F3NS/c1-9(18-3)8-17-10(2)11-4-6-12(7-5-11)13(14,15)16/h4-7,9-10,17H,8H2,1-3H3. The van der Waals surface area contributed by atoms with Gasteiger partial charge in [0.05, 0.1) is 5.56 Å². The lowest BCUT2D eigenvalue weighted by Crippen LogP contribution is -2.25. The molecule has 0 radical (unpaired) electrons. The molecule has 102 valence electrons. The summed E-state index contributed by atoms with van der Waals surface area (Å²) in [5.41, 5.74) is 0.271. The summed E-state index contributed by atoms with van der Waals surface area (Å²) in [6.07, 6.45) is -2.22. The van der Waals surface area contributed by atoms with Gasteiger partial charge in [0, 0.05) is 17.8 Å². The van der Waals surface area contributed by atoms with Crippen LogP contribution < -0.4 is 5.32 Å². The van der Waals surface area contributed by atoms with Gasteiger partial charge in [0.1, 0.15) is 0 Å². The SMILES string of the molecule is CSC(C)CNC(C)c1ccc(C(F)(F)F)cc1. The number of nitrogens with one attached hydrogen (secondary N) is 1. The van der Waals surface area contributed by atoms with Gasteiger partial charge in [-0.2, -0.15) is 24.9 Å². The number of alkyl halides is 3. The van der Waals surface area contributed by atoms with Gasteiger partial charge in [-0.3, -0.25) is 0 Å². The van der Waals surface area contributed by atoms with Crippen molar-refractivity contribution in [3.63, 3.8) is 0 Å². The number of hydrogen-bond acceptors (Lipinski definition) is 2. The van der Waals surface area contributed by atoms with Crippen molar-refractivity contribution < 1.29 is 13.2 Å². The van der Waals surface area contributed by atoms with Gasteiger partial charge in [-0.1, -0.05) is 19.1 Å². The molecule has 0 heterocycles. The molecule has 0 amide bonds. The normalized spacial score (nSPS) is 15.4. The first-order chi connectivity index (χ1) is 8.34. The lowest BCUT2D eigenvalue weighted by molar-refractivity contribution is -0.137. The molecule has 0 aliphatic heterocycles. The third kappa shape index (κ3) is 4.53. The Morgan fingerprint density at radius 3 is 2.17 bits per heavy atom. The second-order valence-corrected chi connectivity index (χ2v) is 5.57. The number of thioether (sulfide) groups is 1. The Hall–Kier alpha value is -0.680. The molecule has 1 N–H and O–H groups in total. The van der Waals surface area contributed by atoms with Crippen LogP contribution in [0.4, 0.5) is 13.2 Å². The maximum atomic E-state index is 12.4. The summed E-state index contributed by atoms with van der Waals surface area (Å²) >= 11 is 1.76. The van der Waals surface area contributed by atoms with E-state index in [-0.39, 0.29) is 6.04 Å². The zero-order valence-electron chi connectivity index (χ0n) is 10.7. The quantitative estimate of drug-likeness (QED) is 0.869. The van der Waals surface area contributed by atoms with Crippen LogP contribution >= 0.6 is 11.8 Å². The van der Waals surface area contributed by atoms with Gasteiger partial charge in [0.2, 0.25) is 0 Å². The minimum atomic E-state index is -4.26. The average molecular weight is 277 g/mol. The molecule has 0 aliphatic rings. The van der Waals surface area contributed by atoms with E-state index in [1.807, 2.05) is 13.2 Å². The Morgan fingerprint density at radius 2 is 1.72 bits per heavy atom. The maximum absolute atomic E-state index is 12.4. The Morgan fingerprint density at radius 1 is 1.17 bits per heavy atom. The molecule has 0 saturated carbocycles. The highest BCUT2D eigenvalue weighted by atomic mass is 32.2. The van der Waals surface area contributed by atoms with E-state index >= 15 is 0 Å². The minimum Gasteiger partial charge on any atom is -0.309 e. The fraction of sp³-hybridized carbons (Fsp3) is 0.538. The third-order valence-electron chi connectivity index (χ3n) is 2.85. The van der Waals surface area contributed by atoms with Gasteiger partial charge >= 0.3 is 6.18 Å². The lowest BCUT2D eigenvalue weighted by atomic mass is 10.1. The molecule has 0 spiro atoms. The van der Waals surface area contributed by atoms with Crippen molar-refractivity contribution in [2.24, 2.45) is 0 Å². The van der Waals surface area contributed by atoms with Crippen molar-refractivity contribution in [1.82, 2.24) is 5.32 Å². The highest BCUT2D eigenvalue weighted by Gasteiger charge is 2.30. The molecule has 0 bridgehead atoms. The lowest BCUT2D eigenvalue weighted by Gasteiger charge is -2.17. The number of halogens is 3. The summed E-state index contributed by atoms with van der Waals surface area (Å²) in [4.78, 5) is 0. The molecule has 2 unspecified atom stereocenters. The molecular formula is C13H18F3NS. The summed E-state index contributed by atoms with van der Waals surface area (Å²) in [6.45, 7) is 4.90. The molecule has 1 nitrogen and oxygen atoms in total. The first-order valence-corrected chi connectivity index (χ1v) is 7.06. The summed E-state index contributed by atoms with van der Waals surface area (Å²) in [6, 6.07) is 5.38. The predicted octanol–water partition coefficient (Wildman–Crippen LogP) is 4.11. The molecule has 0 saturated heterocycles. The van der Waals surface area contributed by atoms with E-state index in [1.54, 1.807) is 11.8 Å². The van der Waals surface area contributed by atoms with E-state index in [2.05, 4.69) is 12.2 Å². The maximum Gasteiger partial charge on any atom is 0.416 e. The molecule has 1 rings (SSSR count). The topological polar surface area (TPSA) is 12.0 Å². The fourth-order valence-corrected chi connectivity index (χ4v) is 1.77. The molecule has 0 fully saturated rings. The van der Waals surface area contributed by atoms with Crippen molar-refractivity contribution in [1.29, 1.82) is 0 Å². The molecule has 2 atom stereocenters. The molecule has 5 heteroatoms. The number of rotatable bonds is 5. The first kappa shape index (κ1) is 15.4. The minimum absolute atomic E-state index is 0.0573. The Bertz CT molecular complexity index is 361. The van der Waals surface area contributed by atoms with Crippen LogP contribution in [0.2, 0.25) is 0 Å². The number of benzene rings is 1. The van der Waals surface area contributed by atoms with Gasteiger partial charge < -0.3 is 5.32 Å². The molecule has 0 aromatic heterocycles. The molecule has 0 aliphatic carbocycles. The van der Waals surface area contributed by atoms with Crippen molar-refractivity contribution in [3.05, 3.63) is 35.4 Å². The van der Waals surface area contributed by atoms with Crippen molar-refractivity contribution in [2.45, 2.75) is 31.3 Å².